The summed E-state index contributed by atoms with van der Waals surface area (Å²) in [5, 5.41) is 6.17. The van der Waals surface area contributed by atoms with Gasteiger partial charge in [0.25, 0.3) is 5.91 Å². The first-order valence-electron chi connectivity index (χ1n) is 9.37. The highest BCUT2D eigenvalue weighted by Crippen LogP contribution is 2.30. The number of amides is 1. The van der Waals surface area contributed by atoms with Crippen LogP contribution in [0.4, 0.5) is 17.2 Å². The van der Waals surface area contributed by atoms with Crippen molar-refractivity contribution in [2.24, 2.45) is 0 Å². The van der Waals surface area contributed by atoms with Crippen molar-refractivity contribution in [1.82, 2.24) is 4.98 Å². The van der Waals surface area contributed by atoms with Crippen LogP contribution in [0.15, 0.2) is 60.8 Å². The van der Waals surface area contributed by atoms with Gasteiger partial charge in [-0.15, -0.1) is 0 Å². The molecule has 0 bridgehead atoms. The minimum atomic E-state index is -0.268. The molecule has 0 radical (unpaired) electrons. The number of ether oxygens (including phenoxy) is 2. The number of nitrogens with zero attached hydrogens (tertiary/aromatic N) is 1. The van der Waals surface area contributed by atoms with Crippen LogP contribution in [0, 0.1) is 0 Å². The fourth-order valence-corrected chi connectivity index (χ4v) is 2.95. The van der Waals surface area contributed by atoms with E-state index in [2.05, 4.69) is 35.5 Å². The van der Waals surface area contributed by atoms with Crippen molar-refractivity contribution in [2.45, 2.75) is 19.8 Å². The molecule has 0 unspecified atom stereocenters. The van der Waals surface area contributed by atoms with E-state index in [9.17, 15) is 4.79 Å². The molecule has 2 aromatic carbocycles. The lowest BCUT2D eigenvalue weighted by molar-refractivity contribution is 0.102. The highest BCUT2D eigenvalue weighted by Gasteiger charge is 2.12. The predicted molar refractivity (Wildman–Crippen MR) is 116 cm³/mol. The molecule has 1 heterocycles. The van der Waals surface area contributed by atoms with Gasteiger partial charge in [0.05, 0.1) is 25.5 Å². The molecule has 150 valence electrons. The molecule has 1 amide bonds. The van der Waals surface area contributed by atoms with Gasteiger partial charge in [-0.25, -0.2) is 4.98 Å². The molecule has 0 saturated carbocycles. The van der Waals surface area contributed by atoms with E-state index in [-0.39, 0.29) is 5.91 Å². The van der Waals surface area contributed by atoms with Crippen LogP contribution in [0.3, 0.4) is 0 Å². The van der Waals surface area contributed by atoms with E-state index in [0.717, 1.165) is 5.69 Å². The smallest absolute Gasteiger partial charge is 0.257 e. The van der Waals surface area contributed by atoms with Crippen LogP contribution in [0.5, 0.6) is 11.5 Å². The molecule has 2 N–H and O–H groups in total. The topological polar surface area (TPSA) is 72.5 Å². The summed E-state index contributed by atoms with van der Waals surface area (Å²) >= 11 is 0. The molecule has 0 saturated heterocycles. The number of hydrogen-bond acceptors (Lipinski definition) is 5. The average molecular weight is 391 g/mol. The Labute approximate surface area is 170 Å². The number of rotatable bonds is 7. The van der Waals surface area contributed by atoms with Crippen LogP contribution in [0.25, 0.3) is 0 Å². The lowest BCUT2D eigenvalue weighted by Crippen LogP contribution is -2.13. The average Bonchev–Trinajstić information content (AvgIpc) is 2.74. The van der Waals surface area contributed by atoms with Crippen LogP contribution in [0.2, 0.25) is 0 Å². The Kier molecular flexibility index (Phi) is 6.34. The number of hydrogen-bond donors (Lipinski definition) is 2. The molecule has 0 atom stereocenters. The summed E-state index contributed by atoms with van der Waals surface area (Å²) < 4.78 is 10.5. The molecule has 6 heteroatoms. The first-order chi connectivity index (χ1) is 14.0. The maximum atomic E-state index is 12.6. The second kappa shape index (κ2) is 9.10. The fourth-order valence-electron chi connectivity index (χ4n) is 2.95. The molecule has 0 aliphatic rings. The lowest BCUT2D eigenvalue weighted by atomic mass is 10.0. The Morgan fingerprint density at radius 3 is 2.41 bits per heavy atom. The molecule has 6 nitrogen and oxygen atoms in total. The number of benzene rings is 2. The third-order valence-corrected chi connectivity index (χ3v) is 4.53. The van der Waals surface area contributed by atoms with E-state index in [1.165, 1.54) is 5.56 Å². The minimum Gasteiger partial charge on any atom is -0.497 e. The van der Waals surface area contributed by atoms with Crippen LogP contribution in [0.1, 0.15) is 35.7 Å². The molecular formula is C23H25N3O3. The molecule has 0 aliphatic heterocycles. The Morgan fingerprint density at radius 1 is 0.966 bits per heavy atom. The number of carbonyl (C=O) groups is 1. The molecule has 1 aromatic heterocycles. The molecule has 0 spiro atoms. The molecule has 0 aliphatic carbocycles. The van der Waals surface area contributed by atoms with Crippen molar-refractivity contribution in [3.05, 3.63) is 71.9 Å². The lowest BCUT2D eigenvalue weighted by Gasteiger charge is -2.14. The van der Waals surface area contributed by atoms with Gasteiger partial charge in [0.15, 0.2) is 0 Å². The van der Waals surface area contributed by atoms with Gasteiger partial charge in [0, 0.05) is 18.0 Å². The summed E-state index contributed by atoms with van der Waals surface area (Å²) in [7, 11) is 3.12. The van der Waals surface area contributed by atoms with Crippen LogP contribution < -0.4 is 20.1 Å². The Balaban J connectivity index is 1.73. The molecule has 3 rings (SSSR count). The number of anilines is 3. The molecule has 29 heavy (non-hydrogen) atoms. The summed E-state index contributed by atoms with van der Waals surface area (Å²) in [4.78, 5) is 17.0. The normalized spacial score (nSPS) is 10.5. The van der Waals surface area contributed by atoms with Crippen LogP contribution >= 0.6 is 0 Å². The quantitative estimate of drug-likeness (QED) is 0.578. The summed E-state index contributed by atoms with van der Waals surface area (Å²) in [5.74, 6) is 1.97. The second-order valence-corrected chi connectivity index (χ2v) is 6.82. The van der Waals surface area contributed by atoms with Crippen molar-refractivity contribution in [3.8, 4) is 11.5 Å². The Morgan fingerprint density at radius 2 is 1.76 bits per heavy atom. The minimum absolute atomic E-state index is 0.268. The van der Waals surface area contributed by atoms with Gasteiger partial charge in [-0.1, -0.05) is 32.0 Å². The first-order valence-corrected chi connectivity index (χ1v) is 9.37. The number of nitrogens with one attached hydrogen (secondary N) is 2. The van der Waals surface area contributed by atoms with Crippen molar-refractivity contribution in [1.29, 1.82) is 0 Å². The summed E-state index contributed by atoms with van der Waals surface area (Å²) in [5.41, 5.74) is 3.23. The third kappa shape index (κ3) is 4.85. The van der Waals surface area contributed by atoms with Crippen LogP contribution in [-0.2, 0) is 0 Å². The maximum absolute atomic E-state index is 12.6. The van der Waals surface area contributed by atoms with Gasteiger partial charge in [-0.3, -0.25) is 4.79 Å². The van der Waals surface area contributed by atoms with Gasteiger partial charge < -0.3 is 20.1 Å². The summed E-state index contributed by atoms with van der Waals surface area (Å²) in [6.45, 7) is 4.30. The molecule has 3 aromatic rings. The second-order valence-electron chi connectivity index (χ2n) is 6.82. The van der Waals surface area contributed by atoms with Crippen molar-refractivity contribution in [3.63, 3.8) is 0 Å². The van der Waals surface area contributed by atoms with Crippen LogP contribution in [-0.4, -0.2) is 25.1 Å². The van der Waals surface area contributed by atoms with E-state index in [0.29, 0.717) is 34.5 Å². The standard InChI is InChI=1S/C23H25N3O3/c1-15(2)18-7-5-6-8-19(18)25-22-12-9-16(14-24-22)23(27)26-20-11-10-17(28-3)13-21(20)29-4/h5-15H,1-4H3,(H,24,25)(H,26,27). The van der Waals surface area contributed by atoms with Crippen molar-refractivity contribution in [2.75, 3.05) is 24.9 Å². The highest BCUT2D eigenvalue weighted by atomic mass is 16.5. The molecule has 0 fully saturated rings. The van der Waals surface area contributed by atoms with Crippen molar-refractivity contribution < 1.29 is 14.3 Å². The first kappa shape index (κ1) is 20.2. The maximum Gasteiger partial charge on any atom is 0.257 e. The van der Waals surface area contributed by atoms with E-state index in [1.54, 1.807) is 50.7 Å². The summed E-state index contributed by atoms with van der Waals surface area (Å²) in [6, 6.07) is 16.9. The number of aromatic nitrogens is 1. The number of carbonyl (C=O) groups excluding carboxylic acids is 1. The largest absolute Gasteiger partial charge is 0.497 e. The van der Waals surface area contributed by atoms with Crippen molar-refractivity contribution >= 4 is 23.1 Å². The zero-order valence-corrected chi connectivity index (χ0v) is 17.0. The number of para-hydroxylation sites is 1. The van der Waals surface area contributed by atoms with Gasteiger partial charge >= 0.3 is 0 Å². The zero-order chi connectivity index (χ0) is 20.8. The van der Waals surface area contributed by atoms with Gasteiger partial charge in [0.1, 0.15) is 17.3 Å². The zero-order valence-electron chi connectivity index (χ0n) is 17.0. The molecular weight excluding hydrogens is 366 g/mol. The van der Waals surface area contributed by atoms with E-state index in [4.69, 9.17) is 9.47 Å². The number of pyridine rings is 1. The monoisotopic (exact) mass is 391 g/mol. The Hall–Kier alpha value is -3.54. The van der Waals surface area contributed by atoms with Gasteiger partial charge in [-0.05, 0) is 41.8 Å². The van der Waals surface area contributed by atoms with Gasteiger partial charge in [0.2, 0.25) is 0 Å². The van der Waals surface area contributed by atoms with E-state index < -0.39 is 0 Å². The number of methoxy groups -OCH3 is 2. The third-order valence-electron chi connectivity index (χ3n) is 4.53. The summed E-state index contributed by atoms with van der Waals surface area (Å²) in [6.07, 6.45) is 1.55. The highest BCUT2D eigenvalue weighted by molar-refractivity contribution is 6.05. The SMILES string of the molecule is COc1ccc(NC(=O)c2ccc(Nc3ccccc3C(C)C)nc2)c(OC)c1. The van der Waals surface area contributed by atoms with Gasteiger partial charge in [-0.2, -0.15) is 0 Å². The predicted octanol–water partition coefficient (Wildman–Crippen LogP) is 5.22. The Bertz CT molecular complexity index is 985. The van der Waals surface area contributed by atoms with E-state index in [1.807, 2.05) is 18.2 Å². The fraction of sp³-hybridized carbons (Fsp3) is 0.217. The van der Waals surface area contributed by atoms with E-state index >= 15 is 0 Å².